The van der Waals surface area contributed by atoms with Crippen LogP contribution in [0.15, 0.2) is 0 Å². The average molecular weight is 216 g/mol. The van der Waals surface area contributed by atoms with Crippen LogP contribution in [0.1, 0.15) is 45.4 Å². The Morgan fingerprint density at radius 2 is 1.43 bits per heavy atom. The van der Waals surface area contributed by atoms with Crippen molar-refractivity contribution in [2.75, 3.05) is 6.54 Å². The van der Waals surface area contributed by atoms with Crippen LogP contribution < -0.4 is 5.32 Å². The van der Waals surface area contributed by atoms with Gasteiger partial charge in [-0.1, -0.05) is 6.92 Å². The summed E-state index contributed by atoms with van der Waals surface area (Å²) in [5.74, 6) is 3.26. The molecule has 0 heterocycles. The van der Waals surface area contributed by atoms with Gasteiger partial charge in [-0.15, -0.1) is 12.4 Å². The van der Waals surface area contributed by atoms with E-state index >= 15 is 0 Å². The monoisotopic (exact) mass is 215 g/mol. The highest BCUT2D eigenvalue weighted by Gasteiger charge is 2.50. The first kappa shape index (κ1) is 10.8. The van der Waals surface area contributed by atoms with E-state index in [4.69, 9.17) is 0 Å². The molecule has 1 nitrogen and oxygen atoms in total. The molecule has 14 heavy (non-hydrogen) atoms. The summed E-state index contributed by atoms with van der Waals surface area (Å²) >= 11 is 0. The van der Waals surface area contributed by atoms with Crippen molar-refractivity contribution < 1.29 is 0 Å². The molecule has 0 aromatic carbocycles. The molecule has 0 unspecified atom stereocenters. The normalized spacial score (nSPS) is 49.1. The zero-order valence-electron chi connectivity index (χ0n) is 9.09. The SMILES string of the molecule is CCNC12CC3CC(CC(C3)C1)C2.Cl. The van der Waals surface area contributed by atoms with E-state index in [9.17, 15) is 0 Å². The van der Waals surface area contributed by atoms with Gasteiger partial charge in [0.25, 0.3) is 0 Å². The maximum Gasteiger partial charge on any atom is 0.0189 e. The summed E-state index contributed by atoms with van der Waals surface area (Å²) in [4.78, 5) is 0. The van der Waals surface area contributed by atoms with Gasteiger partial charge in [-0.3, -0.25) is 0 Å². The van der Waals surface area contributed by atoms with Gasteiger partial charge in [0.1, 0.15) is 0 Å². The zero-order chi connectivity index (χ0) is 8.89. The number of rotatable bonds is 2. The Labute approximate surface area is 93.4 Å². The second-order valence-corrected chi connectivity index (χ2v) is 5.73. The maximum atomic E-state index is 3.79. The van der Waals surface area contributed by atoms with E-state index in [1.54, 1.807) is 19.3 Å². The molecule has 0 aromatic heterocycles. The molecule has 4 bridgehead atoms. The highest BCUT2D eigenvalue weighted by molar-refractivity contribution is 5.85. The maximum absolute atomic E-state index is 3.79. The lowest BCUT2D eigenvalue weighted by molar-refractivity contribution is -0.0187. The minimum atomic E-state index is 0. The summed E-state index contributed by atoms with van der Waals surface area (Å²) in [5, 5.41) is 3.79. The quantitative estimate of drug-likeness (QED) is 0.747. The summed E-state index contributed by atoms with van der Waals surface area (Å²) in [5.41, 5.74) is 0.601. The van der Waals surface area contributed by atoms with Crippen molar-refractivity contribution in [3.8, 4) is 0 Å². The van der Waals surface area contributed by atoms with Crippen LogP contribution >= 0.6 is 12.4 Å². The van der Waals surface area contributed by atoms with Crippen LogP contribution in [-0.2, 0) is 0 Å². The number of hydrogen-bond acceptors (Lipinski definition) is 1. The standard InChI is InChI=1S/C12H21N.ClH/c1-2-13-12-6-9-3-10(7-12)5-11(4-9)8-12;/h9-11,13H,2-8H2,1H3;1H. The first-order valence-electron chi connectivity index (χ1n) is 6.05. The molecule has 4 fully saturated rings. The van der Waals surface area contributed by atoms with Crippen LogP contribution in [0.25, 0.3) is 0 Å². The summed E-state index contributed by atoms with van der Waals surface area (Å²) in [7, 11) is 0. The van der Waals surface area contributed by atoms with Crippen molar-refractivity contribution in [1.82, 2.24) is 5.32 Å². The van der Waals surface area contributed by atoms with Crippen LogP contribution in [0.4, 0.5) is 0 Å². The fourth-order valence-corrected chi connectivity index (χ4v) is 4.70. The molecule has 1 N–H and O–H groups in total. The highest BCUT2D eigenvalue weighted by Crippen LogP contribution is 2.55. The Morgan fingerprint density at radius 3 is 1.79 bits per heavy atom. The number of nitrogens with one attached hydrogen (secondary N) is 1. The van der Waals surface area contributed by atoms with E-state index in [0.29, 0.717) is 5.54 Å². The molecule has 0 spiro atoms. The van der Waals surface area contributed by atoms with Gasteiger partial charge in [0.2, 0.25) is 0 Å². The summed E-state index contributed by atoms with van der Waals surface area (Å²) < 4.78 is 0. The Balaban J connectivity index is 0.000000750. The van der Waals surface area contributed by atoms with E-state index in [-0.39, 0.29) is 12.4 Å². The van der Waals surface area contributed by atoms with E-state index < -0.39 is 0 Å². The topological polar surface area (TPSA) is 12.0 Å². The zero-order valence-corrected chi connectivity index (χ0v) is 9.91. The summed E-state index contributed by atoms with van der Waals surface area (Å²) in [6, 6.07) is 0. The second kappa shape index (κ2) is 3.68. The lowest BCUT2D eigenvalue weighted by Gasteiger charge is -2.57. The number of hydrogen-bond donors (Lipinski definition) is 1. The third-order valence-electron chi connectivity index (χ3n) is 4.59. The first-order chi connectivity index (χ1) is 6.30. The van der Waals surface area contributed by atoms with Gasteiger partial charge in [0, 0.05) is 5.54 Å². The number of halogens is 1. The highest BCUT2D eigenvalue weighted by atomic mass is 35.5. The van der Waals surface area contributed by atoms with Crippen molar-refractivity contribution in [2.24, 2.45) is 17.8 Å². The molecule has 0 aromatic rings. The third kappa shape index (κ3) is 1.59. The summed E-state index contributed by atoms with van der Waals surface area (Å²) in [6.45, 7) is 3.44. The van der Waals surface area contributed by atoms with E-state index in [1.165, 1.54) is 25.8 Å². The van der Waals surface area contributed by atoms with Gasteiger partial charge in [0.15, 0.2) is 0 Å². The van der Waals surface area contributed by atoms with E-state index in [0.717, 1.165) is 17.8 Å². The molecule has 82 valence electrons. The summed E-state index contributed by atoms with van der Waals surface area (Å²) in [6.07, 6.45) is 9.16. The minimum absolute atomic E-state index is 0. The van der Waals surface area contributed by atoms with Gasteiger partial charge in [-0.2, -0.15) is 0 Å². The molecule has 0 amide bonds. The Kier molecular flexibility index (Phi) is 2.83. The Bertz CT molecular complexity index is 179. The molecule has 4 rings (SSSR count). The predicted molar refractivity (Wildman–Crippen MR) is 61.8 cm³/mol. The van der Waals surface area contributed by atoms with Crippen LogP contribution in [0.2, 0.25) is 0 Å². The molecule has 4 aliphatic rings. The molecule has 0 radical (unpaired) electrons. The van der Waals surface area contributed by atoms with Gasteiger partial charge in [0.05, 0.1) is 0 Å². The Morgan fingerprint density at radius 1 is 1.00 bits per heavy atom. The molecule has 0 saturated heterocycles. The van der Waals surface area contributed by atoms with Crippen molar-refractivity contribution in [3.05, 3.63) is 0 Å². The van der Waals surface area contributed by atoms with Crippen molar-refractivity contribution in [2.45, 2.75) is 51.0 Å². The van der Waals surface area contributed by atoms with Crippen LogP contribution in [0.5, 0.6) is 0 Å². The van der Waals surface area contributed by atoms with Gasteiger partial charge >= 0.3 is 0 Å². The largest absolute Gasteiger partial charge is 0.311 e. The van der Waals surface area contributed by atoms with Crippen molar-refractivity contribution in [1.29, 1.82) is 0 Å². The first-order valence-corrected chi connectivity index (χ1v) is 6.05. The van der Waals surface area contributed by atoms with Crippen molar-refractivity contribution >= 4 is 12.4 Å². The molecule has 2 heteroatoms. The lowest BCUT2D eigenvalue weighted by Crippen LogP contribution is -2.58. The lowest BCUT2D eigenvalue weighted by atomic mass is 9.53. The van der Waals surface area contributed by atoms with E-state index in [1.807, 2.05) is 0 Å². The van der Waals surface area contributed by atoms with Crippen LogP contribution in [0.3, 0.4) is 0 Å². The smallest absolute Gasteiger partial charge is 0.0189 e. The fraction of sp³-hybridized carbons (Fsp3) is 1.00. The van der Waals surface area contributed by atoms with Gasteiger partial charge in [-0.05, 0) is 62.8 Å². The van der Waals surface area contributed by atoms with Crippen LogP contribution in [-0.4, -0.2) is 12.1 Å². The molecule has 4 aliphatic carbocycles. The van der Waals surface area contributed by atoms with Crippen molar-refractivity contribution in [3.63, 3.8) is 0 Å². The van der Waals surface area contributed by atoms with Crippen LogP contribution in [0, 0.1) is 17.8 Å². The molecule has 0 aliphatic heterocycles. The van der Waals surface area contributed by atoms with Gasteiger partial charge < -0.3 is 5.32 Å². The predicted octanol–water partition coefficient (Wildman–Crippen LogP) is 2.99. The van der Waals surface area contributed by atoms with Gasteiger partial charge in [-0.25, -0.2) is 0 Å². The second-order valence-electron chi connectivity index (χ2n) is 5.73. The average Bonchev–Trinajstić information content (AvgIpc) is 2.00. The molecule has 0 atom stereocenters. The van der Waals surface area contributed by atoms with E-state index in [2.05, 4.69) is 12.2 Å². The fourth-order valence-electron chi connectivity index (χ4n) is 4.70. The molecule has 4 saturated carbocycles. The minimum Gasteiger partial charge on any atom is -0.311 e. The molecular formula is C12H22ClN. The third-order valence-corrected chi connectivity index (χ3v) is 4.59. The molecular weight excluding hydrogens is 194 g/mol. The Hall–Kier alpha value is 0.250.